The third-order valence-electron chi connectivity index (χ3n) is 2.88. The number of nitrogens with zero attached hydrogens (tertiary/aromatic N) is 2. The third-order valence-corrected chi connectivity index (χ3v) is 3.12. The Labute approximate surface area is 115 Å². The van der Waals surface area contributed by atoms with Gasteiger partial charge in [0.25, 0.3) is 6.43 Å². The Morgan fingerprint density at radius 3 is 2.89 bits per heavy atom. The molecule has 0 saturated carbocycles. The molecule has 0 saturated heterocycles. The van der Waals surface area contributed by atoms with Crippen molar-refractivity contribution in [1.82, 2.24) is 9.55 Å². The van der Waals surface area contributed by atoms with Crippen molar-refractivity contribution in [2.24, 2.45) is 0 Å². The number of hydrogen-bond donors (Lipinski definition) is 0. The average Bonchev–Trinajstić information content (AvgIpc) is 2.74. The molecule has 6 heteroatoms. The van der Waals surface area contributed by atoms with Crippen LogP contribution in [0, 0.1) is 6.92 Å². The van der Waals surface area contributed by atoms with E-state index < -0.39 is 13.0 Å². The van der Waals surface area contributed by atoms with Crippen molar-refractivity contribution >= 4 is 22.6 Å². The Kier molecular flexibility index (Phi) is 4.71. The lowest BCUT2D eigenvalue weighted by molar-refractivity contribution is 0.0149. The van der Waals surface area contributed by atoms with Gasteiger partial charge in [-0.2, -0.15) is 0 Å². The molecule has 1 aromatic heterocycles. The van der Waals surface area contributed by atoms with E-state index in [0.29, 0.717) is 6.54 Å². The fourth-order valence-electron chi connectivity index (χ4n) is 2.01. The number of ether oxygens (including phenoxy) is 1. The van der Waals surface area contributed by atoms with E-state index >= 15 is 0 Å². The normalized spacial score (nSPS) is 11.6. The Bertz CT molecular complexity index is 557. The number of imidazole rings is 1. The predicted molar refractivity (Wildman–Crippen MR) is 70.9 cm³/mol. The molecular weight excluding hydrogens is 274 g/mol. The van der Waals surface area contributed by atoms with E-state index in [-0.39, 0.29) is 12.5 Å². The second kappa shape index (κ2) is 6.30. The van der Waals surface area contributed by atoms with Crippen LogP contribution in [0.15, 0.2) is 18.2 Å². The number of benzene rings is 1. The molecule has 0 aliphatic heterocycles. The zero-order valence-corrected chi connectivity index (χ0v) is 11.3. The van der Waals surface area contributed by atoms with E-state index in [2.05, 4.69) is 4.98 Å². The largest absolute Gasteiger partial charge is 0.374 e. The number of fused-ring (bicyclic) bond motifs is 1. The molecular formula is C13H15ClF2N2O. The summed E-state index contributed by atoms with van der Waals surface area (Å²) in [6.07, 6.45) is -2.44. The molecule has 0 atom stereocenters. The second-order valence-electron chi connectivity index (χ2n) is 4.22. The number of rotatable bonds is 6. The number of alkyl halides is 3. The molecule has 2 aromatic rings. The van der Waals surface area contributed by atoms with E-state index in [1.807, 2.05) is 29.7 Å². The maximum Gasteiger partial charge on any atom is 0.261 e. The molecule has 2 rings (SSSR count). The molecule has 0 N–H and O–H groups in total. The molecule has 0 spiro atoms. The Balaban J connectivity index is 2.18. The van der Waals surface area contributed by atoms with Crippen molar-refractivity contribution in [3.63, 3.8) is 0 Å². The van der Waals surface area contributed by atoms with Crippen molar-refractivity contribution < 1.29 is 13.5 Å². The van der Waals surface area contributed by atoms with Gasteiger partial charge in [0.05, 0.1) is 23.5 Å². The molecule has 19 heavy (non-hydrogen) atoms. The number of halogens is 3. The summed E-state index contributed by atoms with van der Waals surface area (Å²) in [6, 6.07) is 5.86. The van der Waals surface area contributed by atoms with E-state index in [9.17, 15) is 8.78 Å². The molecule has 3 nitrogen and oxygen atoms in total. The maximum atomic E-state index is 12.0. The molecule has 0 aliphatic rings. The minimum absolute atomic E-state index is 0.216. The zero-order valence-electron chi connectivity index (χ0n) is 10.6. The third kappa shape index (κ3) is 3.22. The lowest BCUT2D eigenvalue weighted by atomic mass is 10.2. The van der Waals surface area contributed by atoms with Crippen LogP contribution < -0.4 is 0 Å². The topological polar surface area (TPSA) is 27.1 Å². The van der Waals surface area contributed by atoms with E-state index in [1.54, 1.807) is 0 Å². The van der Waals surface area contributed by atoms with Gasteiger partial charge in [0.2, 0.25) is 0 Å². The lowest BCUT2D eigenvalue weighted by Gasteiger charge is -2.08. The summed E-state index contributed by atoms with van der Waals surface area (Å²) in [6.45, 7) is 2.12. The average molecular weight is 289 g/mol. The number of hydrogen-bond acceptors (Lipinski definition) is 2. The minimum atomic E-state index is -2.44. The molecule has 0 amide bonds. The fraction of sp³-hybridized carbons (Fsp3) is 0.462. The van der Waals surface area contributed by atoms with E-state index in [4.69, 9.17) is 16.3 Å². The zero-order chi connectivity index (χ0) is 13.8. The highest BCUT2D eigenvalue weighted by Gasteiger charge is 2.11. The molecule has 1 heterocycles. The van der Waals surface area contributed by atoms with Crippen LogP contribution in [0.4, 0.5) is 8.78 Å². The first kappa shape index (κ1) is 14.2. The van der Waals surface area contributed by atoms with Crippen molar-refractivity contribution in [2.45, 2.75) is 25.8 Å². The number of aromatic nitrogens is 2. The first-order valence-electron chi connectivity index (χ1n) is 6.00. The highest BCUT2D eigenvalue weighted by atomic mass is 35.5. The Morgan fingerprint density at radius 2 is 2.21 bits per heavy atom. The summed E-state index contributed by atoms with van der Waals surface area (Å²) in [7, 11) is 0. The Hall–Kier alpha value is -1.20. The summed E-state index contributed by atoms with van der Waals surface area (Å²) in [5.74, 6) is 1.01. The lowest BCUT2D eigenvalue weighted by Crippen LogP contribution is -2.12. The minimum Gasteiger partial charge on any atom is -0.374 e. The van der Waals surface area contributed by atoms with Gasteiger partial charge >= 0.3 is 0 Å². The standard InChI is InChI=1S/C13H15ClF2N2O/c1-9-3-2-4-10-13(9)17-12(7-14)18(10)5-6-19-8-11(15)16/h2-4,11H,5-8H2,1H3. The van der Waals surface area contributed by atoms with Gasteiger partial charge in [0.15, 0.2) is 0 Å². The van der Waals surface area contributed by atoms with Gasteiger partial charge in [-0.1, -0.05) is 12.1 Å². The van der Waals surface area contributed by atoms with Crippen LogP contribution in [-0.2, 0) is 17.2 Å². The van der Waals surface area contributed by atoms with Crippen molar-refractivity contribution in [1.29, 1.82) is 0 Å². The van der Waals surface area contributed by atoms with Crippen LogP contribution in [0.2, 0.25) is 0 Å². The first-order valence-corrected chi connectivity index (χ1v) is 6.53. The van der Waals surface area contributed by atoms with Gasteiger partial charge < -0.3 is 9.30 Å². The molecule has 0 fully saturated rings. The fourth-order valence-corrected chi connectivity index (χ4v) is 2.22. The van der Waals surface area contributed by atoms with Crippen LogP contribution in [0.25, 0.3) is 11.0 Å². The highest BCUT2D eigenvalue weighted by Crippen LogP contribution is 2.20. The first-order chi connectivity index (χ1) is 9.13. The van der Waals surface area contributed by atoms with Crippen molar-refractivity contribution in [2.75, 3.05) is 13.2 Å². The van der Waals surface area contributed by atoms with E-state index in [1.165, 1.54) is 0 Å². The van der Waals surface area contributed by atoms with Gasteiger partial charge in [-0.15, -0.1) is 11.6 Å². The van der Waals surface area contributed by atoms with Gasteiger partial charge in [-0.05, 0) is 18.6 Å². The van der Waals surface area contributed by atoms with Crippen LogP contribution in [0.5, 0.6) is 0 Å². The number of para-hydroxylation sites is 1. The summed E-state index contributed by atoms with van der Waals surface area (Å²) in [4.78, 5) is 4.47. The van der Waals surface area contributed by atoms with Crippen molar-refractivity contribution in [3.05, 3.63) is 29.6 Å². The summed E-state index contributed by atoms with van der Waals surface area (Å²) >= 11 is 5.87. The van der Waals surface area contributed by atoms with Crippen molar-refractivity contribution in [3.8, 4) is 0 Å². The van der Waals surface area contributed by atoms with Crippen LogP contribution in [0.3, 0.4) is 0 Å². The summed E-state index contributed by atoms with van der Waals surface area (Å²) in [5, 5.41) is 0. The van der Waals surface area contributed by atoms with Gasteiger partial charge in [0.1, 0.15) is 12.4 Å². The quantitative estimate of drug-likeness (QED) is 0.602. The van der Waals surface area contributed by atoms with Gasteiger partial charge in [0, 0.05) is 6.54 Å². The molecule has 0 aliphatic carbocycles. The second-order valence-corrected chi connectivity index (χ2v) is 4.49. The SMILES string of the molecule is Cc1cccc2c1nc(CCl)n2CCOCC(F)F. The summed E-state index contributed by atoms with van der Waals surface area (Å²) in [5.41, 5.74) is 2.92. The van der Waals surface area contributed by atoms with Gasteiger partial charge in [-0.25, -0.2) is 13.8 Å². The monoisotopic (exact) mass is 288 g/mol. The predicted octanol–water partition coefficient (Wildman–Crippen LogP) is 3.37. The maximum absolute atomic E-state index is 12.0. The van der Waals surface area contributed by atoms with Gasteiger partial charge in [-0.3, -0.25) is 0 Å². The molecule has 104 valence electrons. The van der Waals surface area contributed by atoms with Crippen LogP contribution in [0.1, 0.15) is 11.4 Å². The Morgan fingerprint density at radius 1 is 1.42 bits per heavy atom. The molecule has 0 unspecified atom stereocenters. The molecule has 1 aromatic carbocycles. The smallest absolute Gasteiger partial charge is 0.261 e. The number of aryl methyl sites for hydroxylation is 1. The highest BCUT2D eigenvalue weighted by molar-refractivity contribution is 6.16. The molecule has 0 bridgehead atoms. The van der Waals surface area contributed by atoms with E-state index in [0.717, 1.165) is 22.4 Å². The van der Waals surface area contributed by atoms with Crippen LogP contribution >= 0.6 is 11.6 Å². The summed E-state index contributed by atoms with van der Waals surface area (Å²) < 4.78 is 30.8. The molecule has 0 radical (unpaired) electrons. The van der Waals surface area contributed by atoms with Crippen LogP contribution in [-0.4, -0.2) is 29.2 Å².